The number of benzene rings is 1. The van der Waals surface area contributed by atoms with Gasteiger partial charge in [0.15, 0.2) is 0 Å². The lowest BCUT2D eigenvalue weighted by Crippen LogP contribution is -2.19. The summed E-state index contributed by atoms with van der Waals surface area (Å²) in [6.45, 7) is 3.00. The number of nitrogens with two attached hydrogens (primary N) is 1. The summed E-state index contributed by atoms with van der Waals surface area (Å²) in [5.41, 5.74) is 8.23. The van der Waals surface area contributed by atoms with E-state index in [1.807, 2.05) is 10.7 Å². The van der Waals surface area contributed by atoms with Crippen molar-refractivity contribution in [3.63, 3.8) is 0 Å². The molecule has 1 atom stereocenters. The molecule has 1 aliphatic heterocycles. The normalized spacial score (nSPS) is 18.7. The van der Waals surface area contributed by atoms with Crippen LogP contribution >= 0.6 is 11.6 Å². The molecule has 1 aromatic carbocycles. The topological polar surface area (TPSA) is 56.7 Å². The molecule has 4 nitrogen and oxygen atoms in total. The van der Waals surface area contributed by atoms with Crippen LogP contribution in [0.5, 0.6) is 0 Å². The fraction of sp³-hybridized carbons (Fsp3) is 0.385. The van der Waals surface area contributed by atoms with Crippen molar-refractivity contribution in [2.24, 2.45) is 0 Å². The SMILES string of the molecule is Cc1ccc(Cl)cc1C1CCn2nc(N)nc2C1. The van der Waals surface area contributed by atoms with E-state index in [-0.39, 0.29) is 0 Å². The van der Waals surface area contributed by atoms with E-state index in [0.29, 0.717) is 11.9 Å². The predicted octanol–water partition coefficient (Wildman–Crippen LogP) is 2.55. The maximum atomic E-state index is 6.09. The van der Waals surface area contributed by atoms with Gasteiger partial charge in [0.2, 0.25) is 5.95 Å². The van der Waals surface area contributed by atoms with Crippen molar-refractivity contribution >= 4 is 17.5 Å². The van der Waals surface area contributed by atoms with Gasteiger partial charge in [-0.2, -0.15) is 4.98 Å². The van der Waals surface area contributed by atoms with Crippen LogP contribution in [0.25, 0.3) is 0 Å². The molecule has 0 amide bonds. The molecule has 0 saturated heterocycles. The van der Waals surface area contributed by atoms with Gasteiger partial charge in [-0.3, -0.25) is 0 Å². The number of anilines is 1. The average Bonchev–Trinajstić information content (AvgIpc) is 2.71. The minimum Gasteiger partial charge on any atom is -0.366 e. The van der Waals surface area contributed by atoms with E-state index in [1.165, 1.54) is 11.1 Å². The smallest absolute Gasteiger partial charge is 0.239 e. The van der Waals surface area contributed by atoms with Crippen LogP contribution in [-0.4, -0.2) is 14.8 Å². The van der Waals surface area contributed by atoms with Crippen molar-refractivity contribution in [3.8, 4) is 0 Å². The molecule has 0 spiro atoms. The summed E-state index contributed by atoms with van der Waals surface area (Å²) in [6, 6.07) is 6.08. The van der Waals surface area contributed by atoms with E-state index in [2.05, 4.69) is 29.1 Å². The van der Waals surface area contributed by atoms with Gasteiger partial charge in [-0.05, 0) is 42.5 Å². The summed E-state index contributed by atoms with van der Waals surface area (Å²) in [6.07, 6.45) is 1.93. The molecule has 94 valence electrons. The van der Waals surface area contributed by atoms with E-state index in [4.69, 9.17) is 17.3 Å². The van der Waals surface area contributed by atoms with Crippen LogP contribution < -0.4 is 5.73 Å². The van der Waals surface area contributed by atoms with Gasteiger partial charge < -0.3 is 5.73 Å². The highest BCUT2D eigenvalue weighted by molar-refractivity contribution is 6.30. The highest BCUT2D eigenvalue weighted by Crippen LogP contribution is 2.32. The largest absolute Gasteiger partial charge is 0.366 e. The Morgan fingerprint density at radius 2 is 2.28 bits per heavy atom. The number of fused-ring (bicyclic) bond motifs is 1. The van der Waals surface area contributed by atoms with E-state index < -0.39 is 0 Å². The van der Waals surface area contributed by atoms with Crippen molar-refractivity contribution in [1.29, 1.82) is 0 Å². The van der Waals surface area contributed by atoms with Gasteiger partial charge >= 0.3 is 0 Å². The molecule has 2 N–H and O–H groups in total. The Kier molecular flexibility index (Phi) is 2.74. The monoisotopic (exact) mass is 262 g/mol. The molecule has 5 heteroatoms. The number of halogens is 1. The summed E-state index contributed by atoms with van der Waals surface area (Å²) in [5, 5.41) is 4.97. The molecule has 1 aromatic heterocycles. The maximum Gasteiger partial charge on any atom is 0.239 e. The second kappa shape index (κ2) is 4.28. The number of hydrogen-bond acceptors (Lipinski definition) is 3. The van der Waals surface area contributed by atoms with Gasteiger partial charge in [0.05, 0.1) is 0 Å². The lowest BCUT2D eigenvalue weighted by molar-refractivity contribution is 0.433. The molecule has 0 fully saturated rings. The third-order valence-corrected chi connectivity index (χ3v) is 3.80. The van der Waals surface area contributed by atoms with Gasteiger partial charge in [-0.15, -0.1) is 5.10 Å². The fourth-order valence-electron chi connectivity index (χ4n) is 2.64. The minimum absolute atomic E-state index is 0.369. The second-order valence-electron chi connectivity index (χ2n) is 4.80. The van der Waals surface area contributed by atoms with E-state index in [9.17, 15) is 0 Å². The molecule has 2 heterocycles. The quantitative estimate of drug-likeness (QED) is 0.859. The number of aromatic nitrogens is 3. The van der Waals surface area contributed by atoms with Gasteiger partial charge in [0, 0.05) is 18.0 Å². The molecule has 1 aliphatic rings. The fourth-order valence-corrected chi connectivity index (χ4v) is 2.82. The third kappa shape index (κ3) is 1.97. The minimum atomic E-state index is 0.369. The lowest BCUT2D eigenvalue weighted by Gasteiger charge is -2.24. The highest BCUT2D eigenvalue weighted by Gasteiger charge is 2.23. The predicted molar refractivity (Wildman–Crippen MR) is 71.7 cm³/mol. The summed E-state index contributed by atoms with van der Waals surface area (Å²) in [7, 11) is 0. The van der Waals surface area contributed by atoms with Crippen LogP contribution in [0, 0.1) is 6.92 Å². The Labute approximate surface area is 111 Å². The highest BCUT2D eigenvalue weighted by atomic mass is 35.5. The maximum absolute atomic E-state index is 6.09. The van der Waals surface area contributed by atoms with Crippen molar-refractivity contribution in [2.45, 2.75) is 32.2 Å². The Hall–Kier alpha value is -1.55. The molecule has 3 rings (SSSR count). The van der Waals surface area contributed by atoms with Crippen LogP contribution in [0.3, 0.4) is 0 Å². The molecular formula is C13H15ClN4. The molecule has 1 unspecified atom stereocenters. The standard InChI is InChI=1S/C13H15ClN4/c1-8-2-3-10(14)7-11(8)9-4-5-18-12(6-9)16-13(15)17-18/h2-3,7,9H,4-6H2,1H3,(H2,15,17). The summed E-state index contributed by atoms with van der Waals surface area (Å²) < 4.78 is 1.91. The van der Waals surface area contributed by atoms with E-state index >= 15 is 0 Å². The first-order valence-corrected chi connectivity index (χ1v) is 6.46. The Morgan fingerprint density at radius 3 is 3.11 bits per heavy atom. The van der Waals surface area contributed by atoms with Gasteiger partial charge in [0.1, 0.15) is 5.82 Å². The zero-order valence-corrected chi connectivity index (χ0v) is 11.0. The summed E-state index contributed by atoms with van der Waals surface area (Å²) in [4.78, 5) is 4.28. The Bertz CT molecular complexity index is 591. The van der Waals surface area contributed by atoms with E-state index in [1.54, 1.807) is 0 Å². The lowest BCUT2D eigenvalue weighted by atomic mass is 9.87. The first kappa shape index (κ1) is 11.5. The number of aryl methyl sites for hydroxylation is 2. The number of hydrogen-bond donors (Lipinski definition) is 1. The first-order valence-electron chi connectivity index (χ1n) is 6.09. The van der Waals surface area contributed by atoms with Crippen LogP contribution in [0.2, 0.25) is 5.02 Å². The zero-order chi connectivity index (χ0) is 12.7. The van der Waals surface area contributed by atoms with Crippen LogP contribution in [0.4, 0.5) is 5.95 Å². The number of nitrogen functional groups attached to an aromatic ring is 1. The summed E-state index contributed by atoms with van der Waals surface area (Å²) in [5.74, 6) is 1.80. The number of nitrogens with zero attached hydrogens (tertiary/aromatic N) is 3. The molecule has 2 aromatic rings. The average molecular weight is 263 g/mol. The van der Waals surface area contributed by atoms with Crippen molar-refractivity contribution in [1.82, 2.24) is 14.8 Å². The molecule has 0 bridgehead atoms. The molecule has 0 radical (unpaired) electrons. The van der Waals surface area contributed by atoms with Crippen LogP contribution in [0.15, 0.2) is 18.2 Å². The van der Waals surface area contributed by atoms with Gasteiger partial charge in [-0.1, -0.05) is 17.7 Å². The van der Waals surface area contributed by atoms with Crippen molar-refractivity contribution in [2.75, 3.05) is 5.73 Å². The molecule has 0 saturated carbocycles. The summed E-state index contributed by atoms with van der Waals surface area (Å²) >= 11 is 6.09. The van der Waals surface area contributed by atoms with Crippen molar-refractivity contribution < 1.29 is 0 Å². The molecule has 0 aliphatic carbocycles. The Morgan fingerprint density at radius 1 is 1.44 bits per heavy atom. The molecular weight excluding hydrogens is 248 g/mol. The zero-order valence-electron chi connectivity index (χ0n) is 10.2. The van der Waals surface area contributed by atoms with Gasteiger partial charge in [-0.25, -0.2) is 4.68 Å². The third-order valence-electron chi connectivity index (χ3n) is 3.56. The van der Waals surface area contributed by atoms with E-state index in [0.717, 1.165) is 30.2 Å². The van der Waals surface area contributed by atoms with Gasteiger partial charge in [0.25, 0.3) is 0 Å². The number of rotatable bonds is 1. The Balaban J connectivity index is 1.93. The van der Waals surface area contributed by atoms with Crippen molar-refractivity contribution in [3.05, 3.63) is 40.2 Å². The van der Waals surface area contributed by atoms with Crippen LogP contribution in [0.1, 0.15) is 29.3 Å². The second-order valence-corrected chi connectivity index (χ2v) is 5.24. The first-order chi connectivity index (χ1) is 8.63. The molecule has 18 heavy (non-hydrogen) atoms. The van der Waals surface area contributed by atoms with Crippen LogP contribution in [-0.2, 0) is 13.0 Å².